The van der Waals surface area contributed by atoms with Gasteiger partial charge in [0.05, 0.1) is 17.6 Å². The van der Waals surface area contributed by atoms with Gasteiger partial charge in [-0.3, -0.25) is 4.57 Å². The van der Waals surface area contributed by atoms with E-state index in [1.807, 2.05) is 13.8 Å². The van der Waals surface area contributed by atoms with Crippen LogP contribution in [0.5, 0.6) is 0 Å². The number of nitrogens with one attached hydrogen (secondary N) is 1. The topological polar surface area (TPSA) is 88.4 Å². The molecule has 3 rings (SSSR count). The van der Waals surface area contributed by atoms with Crippen LogP contribution in [-0.4, -0.2) is 21.5 Å². The number of halogens is 1. The van der Waals surface area contributed by atoms with Gasteiger partial charge in [-0.1, -0.05) is 25.4 Å². The number of rotatable bonds is 5. The summed E-state index contributed by atoms with van der Waals surface area (Å²) in [7, 11) is -3.97. The molecule has 0 aliphatic carbocycles. The molecule has 0 aliphatic heterocycles. The van der Waals surface area contributed by atoms with Gasteiger partial charge in [-0.2, -0.15) is 0 Å². The lowest BCUT2D eigenvalue weighted by atomic mass is 10.2. The molecule has 2 aromatic heterocycles. The zero-order chi connectivity index (χ0) is 16.6. The van der Waals surface area contributed by atoms with Crippen molar-refractivity contribution in [2.75, 3.05) is 6.61 Å². The van der Waals surface area contributed by atoms with E-state index in [-0.39, 0.29) is 18.0 Å². The summed E-state index contributed by atoms with van der Waals surface area (Å²) in [6, 6.07) is 8.28. The summed E-state index contributed by atoms with van der Waals surface area (Å²) in [6.45, 7) is 3.97. The fourth-order valence-corrected chi connectivity index (χ4v) is 3.30. The third-order valence-electron chi connectivity index (χ3n) is 3.13. The molecule has 2 heterocycles. The summed E-state index contributed by atoms with van der Waals surface area (Å²) in [5, 5.41) is 0.592. The third-order valence-corrected chi connectivity index (χ3v) is 4.66. The van der Waals surface area contributed by atoms with E-state index in [1.165, 1.54) is 6.07 Å². The Kier molecular flexibility index (Phi) is 4.34. The Morgan fingerprint density at radius 1 is 1.39 bits per heavy atom. The molecule has 122 valence electrons. The molecule has 3 aromatic rings. The Morgan fingerprint density at radius 2 is 2.17 bits per heavy atom. The summed E-state index contributed by atoms with van der Waals surface area (Å²) in [4.78, 5) is 17.4. The van der Waals surface area contributed by atoms with Crippen LogP contribution in [-0.2, 0) is 9.09 Å². The van der Waals surface area contributed by atoms with Crippen molar-refractivity contribution in [2.24, 2.45) is 5.92 Å². The van der Waals surface area contributed by atoms with Gasteiger partial charge in [0.2, 0.25) is 5.50 Å². The first-order valence-corrected chi connectivity index (χ1v) is 9.04. The van der Waals surface area contributed by atoms with Crippen LogP contribution in [0, 0.1) is 5.92 Å². The number of hydrogen-bond acceptors (Lipinski definition) is 4. The van der Waals surface area contributed by atoms with Crippen molar-refractivity contribution in [3.8, 4) is 11.6 Å². The average Bonchev–Trinajstić information content (AvgIpc) is 3.11. The van der Waals surface area contributed by atoms with Gasteiger partial charge >= 0.3 is 7.60 Å². The lowest BCUT2D eigenvalue weighted by Gasteiger charge is -2.11. The van der Waals surface area contributed by atoms with Crippen LogP contribution in [0.1, 0.15) is 13.8 Å². The number of aromatic nitrogens is 2. The average molecular weight is 355 g/mol. The van der Waals surface area contributed by atoms with Crippen molar-refractivity contribution in [1.82, 2.24) is 9.97 Å². The molecule has 8 heteroatoms. The lowest BCUT2D eigenvalue weighted by molar-refractivity contribution is 0.233. The van der Waals surface area contributed by atoms with Crippen LogP contribution in [0.2, 0.25) is 5.02 Å². The molecule has 0 radical (unpaired) electrons. The SMILES string of the molecule is CC(C)COP(=O)(O)c1ccc(-c2nc3ccc(Cl)cc3[nH]2)o1. The molecule has 0 fully saturated rings. The van der Waals surface area contributed by atoms with Crippen LogP contribution in [0.3, 0.4) is 0 Å². The van der Waals surface area contributed by atoms with Gasteiger partial charge in [0.1, 0.15) is 0 Å². The Bertz CT molecular complexity index is 887. The second-order valence-electron chi connectivity index (χ2n) is 5.59. The van der Waals surface area contributed by atoms with Crippen molar-refractivity contribution in [3.63, 3.8) is 0 Å². The maximum absolute atomic E-state index is 12.2. The first-order valence-electron chi connectivity index (χ1n) is 7.08. The predicted octanol–water partition coefficient (Wildman–Crippen LogP) is 3.96. The highest BCUT2D eigenvalue weighted by molar-refractivity contribution is 7.60. The lowest BCUT2D eigenvalue weighted by Crippen LogP contribution is -2.08. The van der Waals surface area contributed by atoms with Crippen LogP contribution in [0.25, 0.3) is 22.6 Å². The maximum Gasteiger partial charge on any atom is 0.393 e. The highest BCUT2D eigenvalue weighted by Crippen LogP contribution is 2.42. The largest absolute Gasteiger partial charge is 0.445 e. The maximum atomic E-state index is 12.2. The normalized spacial score (nSPS) is 14.5. The highest BCUT2D eigenvalue weighted by Gasteiger charge is 2.28. The highest BCUT2D eigenvalue weighted by atomic mass is 35.5. The molecular weight excluding hydrogens is 339 g/mol. The van der Waals surface area contributed by atoms with Crippen molar-refractivity contribution < 1.29 is 18.4 Å². The van der Waals surface area contributed by atoms with Crippen LogP contribution in [0.4, 0.5) is 0 Å². The molecule has 0 aliphatic rings. The first kappa shape index (κ1) is 16.3. The quantitative estimate of drug-likeness (QED) is 0.677. The van der Waals surface area contributed by atoms with E-state index in [0.29, 0.717) is 16.6 Å². The number of hydrogen-bond donors (Lipinski definition) is 2. The zero-order valence-corrected chi connectivity index (χ0v) is 14.3. The van der Waals surface area contributed by atoms with Gasteiger partial charge in [0, 0.05) is 5.02 Å². The zero-order valence-electron chi connectivity index (χ0n) is 12.6. The minimum Gasteiger partial charge on any atom is -0.445 e. The Balaban J connectivity index is 1.89. The smallest absolute Gasteiger partial charge is 0.393 e. The van der Waals surface area contributed by atoms with Crippen molar-refractivity contribution in [1.29, 1.82) is 0 Å². The summed E-state index contributed by atoms with van der Waals surface area (Å²) < 4.78 is 22.7. The Hall–Kier alpha value is -1.59. The van der Waals surface area contributed by atoms with Crippen molar-refractivity contribution in [2.45, 2.75) is 13.8 Å². The second-order valence-corrected chi connectivity index (χ2v) is 7.77. The molecule has 2 N–H and O–H groups in total. The summed E-state index contributed by atoms with van der Waals surface area (Å²) in [6.07, 6.45) is 0. The molecule has 1 atom stereocenters. The molecule has 0 saturated heterocycles. The standard InChI is InChI=1S/C15H16ClN2O4P/c1-9(2)8-21-23(19,20)14-6-5-13(22-14)15-17-11-4-3-10(16)7-12(11)18-15/h3-7,9H,8H2,1-2H3,(H,17,18)(H,19,20). The molecule has 0 amide bonds. The van der Waals surface area contributed by atoms with Gasteiger partial charge < -0.3 is 18.8 Å². The number of nitrogens with zero attached hydrogens (tertiary/aromatic N) is 1. The fourth-order valence-electron chi connectivity index (χ4n) is 2.02. The number of fused-ring (bicyclic) bond motifs is 1. The number of furan rings is 1. The van der Waals surface area contributed by atoms with E-state index in [4.69, 9.17) is 20.5 Å². The summed E-state index contributed by atoms with van der Waals surface area (Å²) >= 11 is 5.94. The van der Waals surface area contributed by atoms with E-state index >= 15 is 0 Å². The molecule has 6 nitrogen and oxygen atoms in total. The van der Waals surface area contributed by atoms with Gasteiger partial charge in [0.25, 0.3) is 0 Å². The molecule has 0 saturated carbocycles. The van der Waals surface area contributed by atoms with E-state index in [0.717, 1.165) is 11.0 Å². The first-order chi connectivity index (χ1) is 10.8. The minimum absolute atomic E-state index is 0.105. The van der Waals surface area contributed by atoms with E-state index in [9.17, 15) is 9.46 Å². The predicted molar refractivity (Wildman–Crippen MR) is 89.1 cm³/mol. The van der Waals surface area contributed by atoms with Gasteiger partial charge in [-0.15, -0.1) is 0 Å². The van der Waals surface area contributed by atoms with Crippen molar-refractivity contribution >= 4 is 35.7 Å². The van der Waals surface area contributed by atoms with E-state index in [1.54, 1.807) is 24.3 Å². The summed E-state index contributed by atoms with van der Waals surface area (Å²) in [5.41, 5.74) is 1.38. The second kappa shape index (κ2) is 6.13. The van der Waals surface area contributed by atoms with Crippen LogP contribution in [0.15, 0.2) is 34.7 Å². The molecular formula is C15H16ClN2O4P. The van der Waals surface area contributed by atoms with Gasteiger partial charge in [-0.25, -0.2) is 4.98 Å². The van der Waals surface area contributed by atoms with Crippen LogP contribution >= 0.6 is 19.2 Å². The molecule has 0 spiro atoms. The van der Waals surface area contributed by atoms with Gasteiger partial charge in [0.15, 0.2) is 11.6 Å². The number of H-pyrrole nitrogens is 1. The number of aromatic amines is 1. The Labute approximate surface area is 138 Å². The summed E-state index contributed by atoms with van der Waals surface area (Å²) in [5.74, 6) is 0.956. The molecule has 0 bridgehead atoms. The van der Waals surface area contributed by atoms with E-state index < -0.39 is 7.60 Å². The molecule has 1 aromatic carbocycles. The molecule has 1 unspecified atom stereocenters. The van der Waals surface area contributed by atoms with Gasteiger partial charge in [-0.05, 0) is 36.2 Å². The fraction of sp³-hybridized carbons (Fsp3) is 0.267. The molecule has 23 heavy (non-hydrogen) atoms. The Morgan fingerprint density at radius 3 is 2.91 bits per heavy atom. The van der Waals surface area contributed by atoms with Crippen molar-refractivity contribution in [3.05, 3.63) is 35.4 Å². The third kappa shape index (κ3) is 3.51. The number of benzene rings is 1. The number of imidazole rings is 1. The minimum atomic E-state index is -3.97. The van der Waals surface area contributed by atoms with E-state index in [2.05, 4.69) is 9.97 Å². The monoisotopic (exact) mass is 354 g/mol. The van der Waals surface area contributed by atoms with Crippen LogP contribution < -0.4 is 5.50 Å².